The molecule has 21 heavy (non-hydrogen) atoms. The van der Waals surface area contributed by atoms with Crippen LogP contribution in [0, 0.1) is 17.8 Å². The van der Waals surface area contributed by atoms with E-state index in [0.29, 0.717) is 22.7 Å². The second kappa shape index (κ2) is 4.78. The first-order chi connectivity index (χ1) is 10.3. The van der Waals surface area contributed by atoms with Crippen LogP contribution in [0.15, 0.2) is 18.2 Å². The standard InChI is InChI=1S/C16H20FN3O/c1-21-16(10-4-2-5-11(16)9-18-8-10)12-6-3-7-13-14(12)15(17)20-19-13/h3,6-7,10-11,18H,2,4-5,8-9H2,1H3,(H,19,20). The van der Waals surface area contributed by atoms with Crippen LogP contribution < -0.4 is 5.32 Å². The van der Waals surface area contributed by atoms with Crippen molar-refractivity contribution in [1.29, 1.82) is 0 Å². The van der Waals surface area contributed by atoms with E-state index in [1.165, 1.54) is 6.42 Å². The third-order valence-corrected chi connectivity index (χ3v) is 5.39. The highest BCUT2D eigenvalue weighted by Crippen LogP contribution is 2.51. The number of fused-ring (bicyclic) bond motifs is 3. The molecule has 2 fully saturated rings. The third kappa shape index (κ3) is 1.71. The molecule has 1 saturated carbocycles. The number of aromatic nitrogens is 2. The summed E-state index contributed by atoms with van der Waals surface area (Å²) in [6, 6.07) is 5.82. The van der Waals surface area contributed by atoms with Crippen LogP contribution in [0.1, 0.15) is 24.8 Å². The molecule has 4 rings (SSSR count). The first-order valence-corrected chi connectivity index (χ1v) is 7.66. The van der Waals surface area contributed by atoms with Gasteiger partial charge in [0.2, 0.25) is 5.95 Å². The molecule has 1 aliphatic carbocycles. The van der Waals surface area contributed by atoms with E-state index in [-0.39, 0.29) is 5.95 Å². The van der Waals surface area contributed by atoms with Crippen molar-refractivity contribution < 1.29 is 9.13 Å². The first kappa shape index (κ1) is 13.2. The van der Waals surface area contributed by atoms with E-state index in [0.717, 1.165) is 31.5 Å². The molecule has 2 N–H and O–H groups in total. The average molecular weight is 289 g/mol. The van der Waals surface area contributed by atoms with E-state index in [4.69, 9.17) is 4.74 Å². The number of rotatable bonds is 2. The number of nitrogens with zero attached hydrogens (tertiary/aromatic N) is 1. The van der Waals surface area contributed by atoms with E-state index < -0.39 is 5.60 Å². The third-order valence-electron chi connectivity index (χ3n) is 5.39. The van der Waals surface area contributed by atoms with Crippen LogP contribution in [-0.2, 0) is 10.3 Å². The molecule has 1 saturated heterocycles. The summed E-state index contributed by atoms with van der Waals surface area (Å²) in [4.78, 5) is 0. The maximum absolute atomic E-state index is 14.3. The van der Waals surface area contributed by atoms with Crippen molar-refractivity contribution >= 4 is 10.9 Å². The Morgan fingerprint density at radius 2 is 2.05 bits per heavy atom. The lowest BCUT2D eigenvalue weighted by Crippen LogP contribution is -2.57. The van der Waals surface area contributed by atoms with Crippen LogP contribution in [0.4, 0.5) is 4.39 Å². The number of nitrogens with one attached hydrogen (secondary N) is 2. The van der Waals surface area contributed by atoms with E-state index >= 15 is 0 Å². The molecule has 0 spiro atoms. The van der Waals surface area contributed by atoms with Crippen LogP contribution in [0.5, 0.6) is 0 Å². The van der Waals surface area contributed by atoms with Crippen molar-refractivity contribution in [1.82, 2.24) is 15.5 Å². The molecule has 0 amide bonds. The molecular formula is C16H20FN3O. The Morgan fingerprint density at radius 3 is 2.76 bits per heavy atom. The molecule has 2 atom stereocenters. The van der Waals surface area contributed by atoms with E-state index in [2.05, 4.69) is 15.5 Å². The van der Waals surface area contributed by atoms with Crippen LogP contribution in [0.2, 0.25) is 0 Å². The summed E-state index contributed by atoms with van der Waals surface area (Å²) in [5.74, 6) is 0.415. The summed E-state index contributed by atoms with van der Waals surface area (Å²) in [5.41, 5.74) is 1.25. The Balaban J connectivity index is 1.97. The molecule has 5 heteroatoms. The molecule has 2 unspecified atom stereocenters. The van der Waals surface area contributed by atoms with E-state index in [9.17, 15) is 4.39 Å². The second-order valence-electron chi connectivity index (χ2n) is 6.22. The van der Waals surface area contributed by atoms with E-state index in [1.807, 2.05) is 18.2 Å². The van der Waals surface area contributed by atoms with Gasteiger partial charge in [0, 0.05) is 32.0 Å². The van der Waals surface area contributed by atoms with Crippen LogP contribution >= 0.6 is 0 Å². The second-order valence-corrected chi connectivity index (χ2v) is 6.22. The minimum atomic E-state index is -0.395. The predicted molar refractivity (Wildman–Crippen MR) is 78.4 cm³/mol. The molecule has 2 heterocycles. The largest absolute Gasteiger partial charge is 0.373 e. The molecule has 4 nitrogen and oxygen atoms in total. The number of aromatic amines is 1. The van der Waals surface area contributed by atoms with Crippen LogP contribution in [0.25, 0.3) is 10.9 Å². The smallest absolute Gasteiger partial charge is 0.217 e. The number of halogens is 1. The lowest BCUT2D eigenvalue weighted by Gasteiger charge is -2.52. The van der Waals surface area contributed by atoms with Gasteiger partial charge in [0.1, 0.15) is 5.60 Å². The molecule has 2 aliphatic rings. The highest BCUT2D eigenvalue weighted by Gasteiger charge is 2.52. The zero-order valence-corrected chi connectivity index (χ0v) is 12.2. The highest BCUT2D eigenvalue weighted by molar-refractivity contribution is 5.83. The molecule has 2 aromatic rings. The summed E-state index contributed by atoms with van der Waals surface area (Å²) in [5, 5.41) is 10.6. The molecule has 0 radical (unpaired) electrons. The van der Waals surface area contributed by atoms with E-state index in [1.54, 1.807) is 7.11 Å². The summed E-state index contributed by atoms with van der Waals surface area (Å²) < 4.78 is 20.4. The molecule has 2 bridgehead atoms. The zero-order valence-electron chi connectivity index (χ0n) is 12.2. The van der Waals surface area contributed by atoms with Gasteiger partial charge in [-0.15, -0.1) is 0 Å². The average Bonchev–Trinajstić information content (AvgIpc) is 2.88. The summed E-state index contributed by atoms with van der Waals surface area (Å²) >= 11 is 0. The predicted octanol–water partition coefficient (Wildman–Crippen LogP) is 2.56. The van der Waals surface area contributed by atoms with Crippen molar-refractivity contribution in [3.8, 4) is 0 Å². The number of H-pyrrole nitrogens is 1. The fraction of sp³-hybridized carbons (Fsp3) is 0.562. The minimum absolute atomic E-state index is 0.353. The Hall–Kier alpha value is -1.46. The highest BCUT2D eigenvalue weighted by atomic mass is 19.1. The first-order valence-electron chi connectivity index (χ1n) is 7.66. The number of hydrogen-bond acceptors (Lipinski definition) is 3. The Bertz CT molecular complexity index is 647. The monoisotopic (exact) mass is 289 g/mol. The van der Waals surface area contributed by atoms with Crippen LogP contribution in [-0.4, -0.2) is 30.4 Å². The van der Waals surface area contributed by atoms with Gasteiger partial charge in [0.15, 0.2) is 0 Å². The van der Waals surface area contributed by atoms with Gasteiger partial charge in [-0.2, -0.15) is 9.49 Å². The minimum Gasteiger partial charge on any atom is -0.373 e. The van der Waals surface area contributed by atoms with Gasteiger partial charge in [0.05, 0.1) is 10.9 Å². The topological polar surface area (TPSA) is 49.9 Å². The number of ether oxygens (including phenoxy) is 1. The fourth-order valence-electron chi connectivity index (χ4n) is 4.55. The molecule has 1 aliphatic heterocycles. The maximum atomic E-state index is 14.3. The van der Waals surface area contributed by atoms with Gasteiger partial charge in [-0.25, -0.2) is 0 Å². The zero-order chi connectivity index (χ0) is 14.4. The molecule has 112 valence electrons. The summed E-state index contributed by atoms with van der Waals surface area (Å²) in [6.07, 6.45) is 3.46. The van der Waals surface area contributed by atoms with Gasteiger partial charge in [-0.05, 0) is 24.5 Å². The normalized spacial score (nSPS) is 32.5. The van der Waals surface area contributed by atoms with Gasteiger partial charge in [-0.3, -0.25) is 5.10 Å². The lowest BCUT2D eigenvalue weighted by atomic mass is 9.62. The van der Waals surface area contributed by atoms with Crippen LogP contribution in [0.3, 0.4) is 0 Å². The maximum Gasteiger partial charge on any atom is 0.217 e. The number of piperidine rings is 1. The van der Waals surface area contributed by atoms with Gasteiger partial charge in [-0.1, -0.05) is 18.6 Å². The van der Waals surface area contributed by atoms with Crippen molar-refractivity contribution in [2.45, 2.75) is 24.9 Å². The van der Waals surface area contributed by atoms with Gasteiger partial charge < -0.3 is 10.1 Å². The number of hydrogen-bond donors (Lipinski definition) is 2. The molecule has 1 aromatic heterocycles. The van der Waals surface area contributed by atoms with Crippen molar-refractivity contribution in [3.05, 3.63) is 29.7 Å². The Kier molecular flexibility index (Phi) is 3.01. The summed E-state index contributed by atoms with van der Waals surface area (Å²) in [7, 11) is 1.77. The Morgan fingerprint density at radius 1 is 1.29 bits per heavy atom. The lowest BCUT2D eigenvalue weighted by molar-refractivity contribution is -0.143. The number of benzene rings is 1. The Labute approximate surface area is 123 Å². The fourth-order valence-corrected chi connectivity index (χ4v) is 4.55. The number of methoxy groups -OCH3 is 1. The van der Waals surface area contributed by atoms with Gasteiger partial charge >= 0.3 is 0 Å². The summed E-state index contributed by atoms with van der Waals surface area (Å²) in [6.45, 7) is 1.86. The van der Waals surface area contributed by atoms with Crippen molar-refractivity contribution in [2.24, 2.45) is 11.8 Å². The van der Waals surface area contributed by atoms with Crippen molar-refractivity contribution in [2.75, 3.05) is 20.2 Å². The van der Waals surface area contributed by atoms with Crippen molar-refractivity contribution in [3.63, 3.8) is 0 Å². The molecule has 1 aromatic carbocycles. The van der Waals surface area contributed by atoms with Gasteiger partial charge in [0.25, 0.3) is 0 Å². The molecular weight excluding hydrogens is 269 g/mol. The quantitative estimate of drug-likeness (QED) is 0.893. The SMILES string of the molecule is COC1(c2cccc3n[nH]c(F)c23)C2CCCC1CNC2.